The maximum absolute atomic E-state index is 12.8. The van der Waals surface area contributed by atoms with Crippen LogP contribution < -0.4 is 16.4 Å². The number of benzene rings is 1. The van der Waals surface area contributed by atoms with Crippen molar-refractivity contribution in [3.8, 4) is 0 Å². The van der Waals surface area contributed by atoms with Crippen LogP contribution in [0.4, 0.5) is 18.9 Å². The summed E-state index contributed by atoms with van der Waals surface area (Å²) < 4.78 is 38.4. The van der Waals surface area contributed by atoms with Gasteiger partial charge in [0.25, 0.3) is 0 Å². The van der Waals surface area contributed by atoms with E-state index < -0.39 is 17.6 Å². The lowest BCUT2D eigenvalue weighted by molar-refractivity contribution is -0.179. The van der Waals surface area contributed by atoms with E-state index in [1.165, 1.54) is 0 Å². The Morgan fingerprint density at radius 3 is 2.20 bits per heavy atom. The lowest BCUT2D eigenvalue weighted by Gasteiger charge is -2.38. The van der Waals surface area contributed by atoms with Gasteiger partial charge in [-0.1, -0.05) is 17.7 Å². The Balaban J connectivity index is 1.71. The Labute approximate surface area is 151 Å². The third kappa shape index (κ3) is 4.07. The Kier molecular flexibility index (Phi) is 5.24. The van der Waals surface area contributed by atoms with E-state index in [1.807, 2.05) is 23.1 Å². The van der Waals surface area contributed by atoms with Gasteiger partial charge in [-0.15, -0.1) is 0 Å². The highest BCUT2D eigenvalue weighted by Crippen LogP contribution is 2.40. The van der Waals surface area contributed by atoms with Gasteiger partial charge in [0.05, 0.1) is 5.92 Å². The van der Waals surface area contributed by atoms with Crippen molar-refractivity contribution in [1.29, 1.82) is 0 Å². The van der Waals surface area contributed by atoms with Crippen LogP contribution in [0.15, 0.2) is 18.2 Å². The first-order valence-electron chi connectivity index (χ1n) is 8.85. The summed E-state index contributed by atoms with van der Waals surface area (Å²) in [6.07, 6.45) is -0.502. The molecule has 0 amide bonds. The van der Waals surface area contributed by atoms with Crippen LogP contribution in [0.25, 0.3) is 0 Å². The molecule has 3 rings (SSSR count). The van der Waals surface area contributed by atoms with Crippen LogP contribution in [0.5, 0.6) is 0 Å². The zero-order valence-electron chi connectivity index (χ0n) is 14.2. The molecule has 3 nitrogen and oxygen atoms in total. The summed E-state index contributed by atoms with van der Waals surface area (Å²) in [5.41, 5.74) is 13.8. The number of piperidine rings is 1. The van der Waals surface area contributed by atoms with Gasteiger partial charge in [-0.05, 0) is 56.2 Å². The second-order valence-corrected chi connectivity index (χ2v) is 7.87. The Morgan fingerprint density at radius 2 is 1.68 bits per heavy atom. The van der Waals surface area contributed by atoms with Gasteiger partial charge < -0.3 is 16.4 Å². The predicted molar refractivity (Wildman–Crippen MR) is 94.8 cm³/mol. The number of rotatable bonds is 2. The van der Waals surface area contributed by atoms with Gasteiger partial charge in [0, 0.05) is 35.4 Å². The minimum Gasteiger partial charge on any atom is -0.371 e. The van der Waals surface area contributed by atoms with Crippen LogP contribution in [-0.2, 0) is 5.54 Å². The average molecular weight is 376 g/mol. The van der Waals surface area contributed by atoms with E-state index in [-0.39, 0.29) is 18.9 Å². The lowest BCUT2D eigenvalue weighted by Crippen LogP contribution is -2.44. The standard InChI is InChI=1S/C18H25ClF3N3/c19-16-11-14(25-9-5-12(6-10-25)18(20,21)22)1-2-15(16)17(24)7-3-13(23)4-8-17/h1-2,11-13H,3-10,23-24H2. The molecule has 1 aliphatic carbocycles. The molecule has 25 heavy (non-hydrogen) atoms. The molecular formula is C18H25ClF3N3. The molecule has 7 heteroatoms. The van der Waals surface area contributed by atoms with E-state index in [4.69, 9.17) is 23.1 Å². The molecule has 1 aromatic rings. The van der Waals surface area contributed by atoms with Gasteiger partial charge >= 0.3 is 6.18 Å². The smallest absolute Gasteiger partial charge is 0.371 e. The normalized spacial score (nSPS) is 29.0. The van der Waals surface area contributed by atoms with Crippen molar-refractivity contribution in [2.75, 3.05) is 18.0 Å². The number of hydrogen-bond acceptors (Lipinski definition) is 3. The molecule has 0 unspecified atom stereocenters. The molecule has 1 aromatic carbocycles. The van der Waals surface area contributed by atoms with Crippen molar-refractivity contribution in [1.82, 2.24) is 0 Å². The monoisotopic (exact) mass is 375 g/mol. The summed E-state index contributed by atoms with van der Waals surface area (Å²) >= 11 is 6.49. The molecule has 0 spiro atoms. The average Bonchev–Trinajstić information content (AvgIpc) is 2.57. The third-order valence-electron chi connectivity index (χ3n) is 5.73. The van der Waals surface area contributed by atoms with Crippen LogP contribution in [0.2, 0.25) is 5.02 Å². The van der Waals surface area contributed by atoms with Gasteiger partial charge in [-0.25, -0.2) is 0 Å². The zero-order valence-corrected chi connectivity index (χ0v) is 14.9. The van der Waals surface area contributed by atoms with Gasteiger partial charge in [-0.2, -0.15) is 13.2 Å². The number of nitrogens with two attached hydrogens (primary N) is 2. The van der Waals surface area contributed by atoms with Crippen LogP contribution in [0.1, 0.15) is 44.1 Å². The van der Waals surface area contributed by atoms with Crippen molar-refractivity contribution in [3.63, 3.8) is 0 Å². The number of hydrogen-bond donors (Lipinski definition) is 2. The number of anilines is 1. The maximum Gasteiger partial charge on any atom is 0.391 e. The van der Waals surface area contributed by atoms with Crippen LogP contribution >= 0.6 is 11.6 Å². The molecule has 0 bridgehead atoms. The SMILES string of the molecule is NC1CCC(N)(c2ccc(N3CCC(C(F)(F)F)CC3)cc2Cl)CC1. The quantitative estimate of drug-likeness (QED) is 0.815. The van der Waals surface area contributed by atoms with Crippen molar-refractivity contribution < 1.29 is 13.2 Å². The van der Waals surface area contributed by atoms with E-state index in [1.54, 1.807) is 0 Å². The molecule has 4 N–H and O–H groups in total. The van der Waals surface area contributed by atoms with E-state index in [0.29, 0.717) is 18.1 Å². The second-order valence-electron chi connectivity index (χ2n) is 7.46. The number of halogens is 4. The molecular weight excluding hydrogens is 351 g/mol. The molecule has 1 heterocycles. The van der Waals surface area contributed by atoms with Gasteiger partial charge in [0.15, 0.2) is 0 Å². The molecule has 140 valence electrons. The molecule has 1 saturated heterocycles. The van der Waals surface area contributed by atoms with Gasteiger partial charge in [0.1, 0.15) is 0 Å². The first-order chi connectivity index (χ1) is 11.7. The molecule has 2 fully saturated rings. The number of alkyl halides is 3. The summed E-state index contributed by atoms with van der Waals surface area (Å²) in [6, 6.07) is 5.90. The third-order valence-corrected chi connectivity index (χ3v) is 6.05. The molecule has 2 aliphatic rings. The van der Waals surface area contributed by atoms with Crippen LogP contribution in [0, 0.1) is 5.92 Å². The zero-order chi connectivity index (χ0) is 18.2. The maximum atomic E-state index is 12.8. The van der Waals surface area contributed by atoms with E-state index >= 15 is 0 Å². The Bertz CT molecular complexity index is 604. The van der Waals surface area contributed by atoms with E-state index in [9.17, 15) is 13.2 Å². The fourth-order valence-corrected chi connectivity index (χ4v) is 4.36. The van der Waals surface area contributed by atoms with Crippen molar-refractivity contribution in [3.05, 3.63) is 28.8 Å². The second kappa shape index (κ2) is 6.97. The molecule has 1 aliphatic heterocycles. The molecule has 0 atom stereocenters. The highest BCUT2D eigenvalue weighted by atomic mass is 35.5. The lowest BCUT2D eigenvalue weighted by atomic mass is 9.76. The topological polar surface area (TPSA) is 55.3 Å². The Morgan fingerprint density at radius 1 is 1.08 bits per heavy atom. The van der Waals surface area contributed by atoms with E-state index in [2.05, 4.69) is 0 Å². The highest BCUT2D eigenvalue weighted by Gasteiger charge is 2.41. The summed E-state index contributed by atoms with van der Waals surface area (Å²) in [6.45, 7) is 0.783. The van der Waals surface area contributed by atoms with Gasteiger partial charge in [-0.3, -0.25) is 0 Å². The van der Waals surface area contributed by atoms with Crippen LogP contribution in [0.3, 0.4) is 0 Å². The summed E-state index contributed by atoms with van der Waals surface area (Å²) in [4.78, 5) is 1.97. The minimum absolute atomic E-state index is 0.127. The van der Waals surface area contributed by atoms with Crippen molar-refractivity contribution >= 4 is 17.3 Å². The van der Waals surface area contributed by atoms with Crippen molar-refractivity contribution in [2.45, 2.75) is 56.3 Å². The van der Waals surface area contributed by atoms with Gasteiger partial charge in [0.2, 0.25) is 0 Å². The molecule has 0 radical (unpaired) electrons. The predicted octanol–water partition coefficient (Wildman–Crippen LogP) is 4.17. The van der Waals surface area contributed by atoms with Crippen molar-refractivity contribution in [2.24, 2.45) is 17.4 Å². The van der Waals surface area contributed by atoms with E-state index in [0.717, 1.165) is 36.9 Å². The first kappa shape index (κ1) is 18.8. The fourth-order valence-electron chi connectivity index (χ4n) is 3.99. The molecule has 0 aromatic heterocycles. The summed E-state index contributed by atoms with van der Waals surface area (Å²) in [5, 5.41) is 0.591. The van der Waals surface area contributed by atoms with Crippen LogP contribution in [-0.4, -0.2) is 25.3 Å². The fraction of sp³-hybridized carbons (Fsp3) is 0.667. The summed E-state index contributed by atoms with van der Waals surface area (Å²) in [7, 11) is 0. The highest BCUT2D eigenvalue weighted by molar-refractivity contribution is 6.31. The molecule has 1 saturated carbocycles. The number of nitrogens with zero attached hydrogens (tertiary/aromatic N) is 1. The minimum atomic E-state index is -4.10. The first-order valence-corrected chi connectivity index (χ1v) is 9.23. The summed E-state index contributed by atoms with van der Waals surface area (Å²) in [5.74, 6) is -1.20. The Hall–Kier alpha value is -0.980. The largest absolute Gasteiger partial charge is 0.391 e.